The number of aryl methyl sites for hydroxylation is 1. The largest absolute Gasteiger partial charge is 0.373 e. The molecule has 5 nitrogen and oxygen atoms in total. The van der Waals surface area contributed by atoms with Crippen molar-refractivity contribution in [2.45, 2.75) is 51.6 Å². The molecule has 2 fully saturated rings. The van der Waals surface area contributed by atoms with E-state index in [1.807, 2.05) is 14.0 Å². The molecule has 0 aliphatic carbocycles. The van der Waals surface area contributed by atoms with E-state index in [0.29, 0.717) is 6.04 Å². The quantitative estimate of drug-likeness (QED) is 0.885. The van der Waals surface area contributed by atoms with Crippen molar-refractivity contribution in [3.8, 4) is 0 Å². The van der Waals surface area contributed by atoms with Crippen LogP contribution in [-0.4, -0.2) is 47.1 Å². The second-order valence-electron chi connectivity index (χ2n) is 6.04. The summed E-state index contributed by atoms with van der Waals surface area (Å²) in [4.78, 5) is 11.7. The van der Waals surface area contributed by atoms with Crippen molar-refractivity contribution in [2.24, 2.45) is 0 Å². The molecule has 3 rings (SSSR count). The topological polar surface area (TPSA) is 53.1 Å². The summed E-state index contributed by atoms with van der Waals surface area (Å²) < 4.78 is 0. The third-order valence-corrected chi connectivity index (χ3v) is 4.66. The molecule has 0 spiro atoms. The third-order valence-electron chi connectivity index (χ3n) is 4.66. The fourth-order valence-corrected chi connectivity index (χ4v) is 3.56. The van der Waals surface area contributed by atoms with Crippen LogP contribution in [0.15, 0.2) is 0 Å². The lowest BCUT2D eigenvalue weighted by Gasteiger charge is -2.35. The maximum Gasteiger partial charge on any atom is 0.134 e. The number of nitrogens with zero attached hydrogens (tertiary/aromatic N) is 3. The van der Waals surface area contributed by atoms with Gasteiger partial charge in [-0.05, 0) is 46.1 Å². The number of hydrogen-bond acceptors (Lipinski definition) is 5. The average molecular weight is 275 g/mol. The Balaban J connectivity index is 1.73. The third kappa shape index (κ3) is 2.59. The highest BCUT2D eigenvalue weighted by molar-refractivity contribution is 5.57. The van der Waals surface area contributed by atoms with Crippen LogP contribution >= 0.6 is 0 Å². The van der Waals surface area contributed by atoms with Gasteiger partial charge in [0.2, 0.25) is 0 Å². The van der Waals surface area contributed by atoms with Crippen molar-refractivity contribution in [2.75, 3.05) is 30.8 Å². The minimum absolute atomic E-state index is 0.548. The number of rotatable bonds is 3. The summed E-state index contributed by atoms with van der Waals surface area (Å²) in [5, 5.41) is 6.81. The average Bonchev–Trinajstić information content (AvgIpc) is 2.90. The van der Waals surface area contributed by atoms with Crippen molar-refractivity contribution in [1.29, 1.82) is 0 Å². The fraction of sp³-hybridized carbons (Fsp3) is 0.733. The molecular formula is C15H25N5. The molecule has 0 radical (unpaired) electrons. The molecule has 2 aliphatic rings. The predicted octanol–water partition coefficient (Wildman–Crippen LogP) is 2.17. The molecule has 0 amide bonds. The molecule has 2 aliphatic heterocycles. The second kappa shape index (κ2) is 5.56. The molecule has 2 unspecified atom stereocenters. The number of piperidine rings is 1. The summed E-state index contributed by atoms with van der Waals surface area (Å²) >= 11 is 0. The summed E-state index contributed by atoms with van der Waals surface area (Å²) in [6.07, 6.45) is 5.19. The van der Waals surface area contributed by atoms with E-state index in [9.17, 15) is 0 Å². The van der Waals surface area contributed by atoms with Crippen LogP contribution in [0.25, 0.3) is 0 Å². The first-order valence-electron chi connectivity index (χ1n) is 7.71. The van der Waals surface area contributed by atoms with Crippen molar-refractivity contribution in [3.63, 3.8) is 0 Å². The van der Waals surface area contributed by atoms with E-state index < -0.39 is 0 Å². The Labute approximate surface area is 121 Å². The van der Waals surface area contributed by atoms with E-state index in [1.165, 1.54) is 38.8 Å². The molecule has 20 heavy (non-hydrogen) atoms. The van der Waals surface area contributed by atoms with Crippen molar-refractivity contribution in [1.82, 2.24) is 14.9 Å². The molecular weight excluding hydrogens is 250 g/mol. The monoisotopic (exact) mass is 275 g/mol. The lowest BCUT2D eigenvalue weighted by Crippen LogP contribution is -2.43. The van der Waals surface area contributed by atoms with Gasteiger partial charge in [-0.3, -0.25) is 0 Å². The molecule has 3 heterocycles. The number of nitrogens with one attached hydrogen (secondary N) is 2. The Morgan fingerprint density at radius 2 is 1.90 bits per heavy atom. The lowest BCUT2D eigenvalue weighted by molar-refractivity contribution is 0.188. The van der Waals surface area contributed by atoms with Gasteiger partial charge in [-0.15, -0.1) is 0 Å². The number of fused-ring (bicyclic) bond motifs is 1. The Morgan fingerprint density at radius 3 is 2.70 bits per heavy atom. The smallest absolute Gasteiger partial charge is 0.134 e. The van der Waals surface area contributed by atoms with Gasteiger partial charge in [-0.25, -0.2) is 9.97 Å². The molecule has 1 aromatic heterocycles. The first kappa shape index (κ1) is 13.6. The SMILES string of the molecule is CNc1nc(C)nc(NC2CCN3CCCC3C2)c1C. The maximum atomic E-state index is 4.59. The Morgan fingerprint density at radius 1 is 1.10 bits per heavy atom. The maximum absolute atomic E-state index is 4.59. The zero-order valence-electron chi connectivity index (χ0n) is 12.7. The number of aromatic nitrogens is 2. The first-order chi connectivity index (χ1) is 9.67. The molecule has 0 bridgehead atoms. The van der Waals surface area contributed by atoms with Crippen LogP contribution in [0, 0.1) is 13.8 Å². The second-order valence-corrected chi connectivity index (χ2v) is 6.04. The minimum atomic E-state index is 0.548. The van der Waals surface area contributed by atoms with E-state index in [0.717, 1.165) is 29.1 Å². The summed E-state index contributed by atoms with van der Waals surface area (Å²) in [6, 6.07) is 1.33. The van der Waals surface area contributed by atoms with Gasteiger partial charge in [0.25, 0.3) is 0 Å². The van der Waals surface area contributed by atoms with Gasteiger partial charge in [0.15, 0.2) is 0 Å². The van der Waals surface area contributed by atoms with E-state index in [2.05, 4.69) is 32.4 Å². The van der Waals surface area contributed by atoms with Crippen molar-refractivity contribution in [3.05, 3.63) is 11.4 Å². The number of anilines is 2. The molecule has 2 atom stereocenters. The molecule has 2 N–H and O–H groups in total. The minimum Gasteiger partial charge on any atom is -0.373 e. The Kier molecular flexibility index (Phi) is 3.78. The molecule has 0 aromatic carbocycles. The molecule has 1 aromatic rings. The van der Waals surface area contributed by atoms with Gasteiger partial charge in [0.1, 0.15) is 17.5 Å². The van der Waals surface area contributed by atoms with E-state index in [4.69, 9.17) is 0 Å². The highest BCUT2D eigenvalue weighted by Gasteiger charge is 2.31. The summed E-state index contributed by atoms with van der Waals surface area (Å²) in [5.41, 5.74) is 1.12. The van der Waals surface area contributed by atoms with Gasteiger partial charge >= 0.3 is 0 Å². The van der Waals surface area contributed by atoms with E-state index in [-0.39, 0.29) is 0 Å². The normalized spacial score (nSPS) is 26.4. The Hall–Kier alpha value is -1.36. The van der Waals surface area contributed by atoms with Crippen LogP contribution in [0.5, 0.6) is 0 Å². The van der Waals surface area contributed by atoms with E-state index >= 15 is 0 Å². The highest BCUT2D eigenvalue weighted by Crippen LogP contribution is 2.29. The highest BCUT2D eigenvalue weighted by atomic mass is 15.2. The zero-order valence-corrected chi connectivity index (χ0v) is 12.7. The summed E-state index contributed by atoms with van der Waals surface area (Å²) in [7, 11) is 1.91. The molecule has 2 saturated heterocycles. The number of hydrogen-bond donors (Lipinski definition) is 2. The van der Waals surface area contributed by atoms with Crippen LogP contribution in [0.4, 0.5) is 11.6 Å². The van der Waals surface area contributed by atoms with Crippen LogP contribution in [0.2, 0.25) is 0 Å². The Bertz CT molecular complexity index is 487. The van der Waals surface area contributed by atoms with E-state index in [1.54, 1.807) is 0 Å². The van der Waals surface area contributed by atoms with Crippen molar-refractivity contribution < 1.29 is 0 Å². The van der Waals surface area contributed by atoms with Gasteiger partial charge in [-0.1, -0.05) is 0 Å². The molecule has 0 saturated carbocycles. The lowest BCUT2D eigenvalue weighted by atomic mass is 9.97. The molecule has 5 heteroatoms. The summed E-state index contributed by atoms with van der Waals surface area (Å²) in [5.74, 6) is 2.75. The fourth-order valence-electron chi connectivity index (χ4n) is 3.56. The predicted molar refractivity (Wildman–Crippen MR) is 82.3 cm³/mol. The first-order valence-corrected chi connectivity index (χ1v) is 7.71. The van der Waals surface area contributed by atoms with Gasteiger partial charge in [0, 0.05) is 31.2 Å². The van der Waals surface area contributed by atoms with Gasteiger partial charge in [0.05, 0.1) is 0 Å². The van der Waals surface area contributed by atoms with Crippen LogP contribution in [0.3, 0.4) is 0 Å². The van der Waals surface area contributed by atoms with Crippen LogP contribution < -0.4 is 10.6 Å². The molecule has 110 valence electrons. The standard InChI is InChI=1S/C15H25N5/c1-10-14(16-3)17-11(2)18-15(10)19-12-6-8-20-7-4-5-13(20)9-12/h12-13H,4-9H2,1-3H3,(H2,16,17,18,19). The van der Waals surface area contributed by atoms with Crippen LogP contribution in [-0.2, 0) is 0 Å². The zero-order chi connectivity index (χ0) is 14.1. The van der Waals surface area contributed by atoms with Gasteiger partial charge < -0.3 is 15.5 Å². The van der Waals surface area contributed by atoms with Gasteiger partial charge in [-0.2, -0.15) is 0 Å². The van der Waals surface area contributed by atoms with Crippen molar-refractivity contribution >= 4 is 11.6 Å². The van der Waals surface area contributed by atoms with Crippen LogP contribution in [0.1, 0.15) is 37.1 Å². The summed E-state index contributed by atoms with van der Waals surface area (Å²) in [6.45, 7) is 6.56.